The van der Waals surface area contributed by atoms with Crippen LogP contribution in [0.1, 0.15) is 20.1 Å². The molecule has 2 aliphatic heterocycles. The van der Waals surface area contributed by atoms with Crippen LogP contribution >= 0.6 is 0 Å². The molecular formula is C15H18N6O3. The molecule has 0 bridgehead atoms. The van der Waals surface area contributed by atoms with E-state index in [1.165, 1.54) is 6.33 Å². The number of nitrogens with two attached hydrogens (primary N) is 2. The summed E-state index contributed by atoms with van der Waals surface area (Å²) in [7, 11) is 0. The Hall–Kier alpha value is -2.45. The lowest BCUT2D eigenvalue weighted by molar-refractivity contribution is -0.173. The molecule has 4 rings (SSSR count). The second kappa shape index (κ2) is 5.29. The molecule has 2 aliphatic rings. The zero-order valence-electron chi connectivity index (χ0n) is 13.3. The highest BCUT2D eigenvalue weighted by atomic mass is 16.8. The van der Waals surface area contributed by atoms with Crippen LogP contribution in [0.15, 0.2) is 30.2 Å². The summed E-state index contributed by atoms with van der Waals surface area (Å²) in [5, 5.41) is 0. The maximum atomic E-state index is 6.02. The predicted molar refractivity (Wildman–Crippen MR) is 84.3 cm³/mol. The highest BCUT2D eigenvalue weighted by molar-refractivity contribution is 5.81. The number of hydrogen-bond donors (Lipinski definition) is 2. The van der Waals surface area contributed by atoms with Crippen LogP contribution in [0.2, 0.25) is 0 Å². The van der Waals surface area contributed by atoms with E-state index in [4.69, 9.17) is 25.7 Å². The van der Waals surface area contributed by atoms with Crippen LogP contribution in [0.3, 0.4) is 0 Å². The Morgan fingerprint density at radius 1 is 1.33 bits per heavy atom. The van der Waals surface area contributed by atoms with Gasteiger partial charge in [-0.2, -0.15) is 0 Å². The summed E-state index contributed by atoms with van der Waals surface area (Å²) in [5.74, 6) is 0.137. The van der Waals surface area contributed by atoms with Crippen LogP contribution in [-0.2, 0) is 14.2 Å². The quantitative estimate of drug-likeness (QED) is 0.761. The van der Waals surface area contributed by atoms with Gasteiger partial charge in [0.25, 0.3) is 0 Å². The van der Waals surface area contributed by atoms with Gasteiger partial charge in [0.05, 0.1) is 0 Å². The Morgan fingerprint density at radius 2 is 2.17 bits per heavy atom. The third kappa shape index (κ3) is 2.26. The van der Waals surface area contributed by atoms with Gasteiger partial charge >= 0.3 is 0 Å². The summed E-state index contributed by atoms with van der Waals surface area (Å²) in [6, 6.07) is 0. The van der Waals surface area contributed by atoms with Crippen molar-refractivity contribution in [2.24, 2.45) is 5.73 Å². The summed E-state index contributed by atoms with van der Waals surface area (Å²) in [6.07, 6.45) is 3.47. The van der Waals surface area contributed by atoms with E-state index >= 15 is 0 Å². The van der Waals surface area contributed by atoms with E-state index in [2.05, 4.69) is 20.7 Å². The molecule has 1 unspecified atom stereocenters. The van der Waals surface area contributed by atoms with Gasteiger partial charge < -0.3 is 25.7 Å². The summed E-state index contributed by atoms with van der Waals surface area (Å²) in [4.78, 5) is 12.5. The molecule has 4 N–H and O–H groups in total. The molecule has 2 aromatic heterocycles. The number of nitrogen functional groups attached to an aromatic ring is 1. The fraction of sp³-hybridized carbons (Fsp3) is 0.467. The average molecular weight is 330 g/mol. The number of hydrogen-bond acceptors (Lipinski definition) is 8. The van der Waals surface area contributed by atoms with E-state index in [0.717, 1.165) is 0 Å². The zero-order chi connectivity index (χ0) is 16.9. The third-order valence-electron chi connectivity index (χ3n) is 3.94. The van der Waals surface area contributed by atoms with Crippen LogP contribution in [0.25, 0.3) is 11.2 Å². The SMILES string of the molecule is CC1(C)O[C@@H]2C(=C=CCN)OC(n3cnc4c(N)ncnc43)[C@@H]2O1. The van der Waals surface area contributed by atoms with Gasteiger partial charge in [0, 0.05) is 6.54 Å². The molecule has 2 saturated heterocycles. The van der Waals surface area contributed by atoms with Crippen molar-refractivity contribution in [2.45, 2.75) is 38.1 Å². The normalized spacial score (nSPS) is 27.8. The molecule has 0 saturated carbocycles. The molecule has 0 aliphatic carbocycles. The molecule has 0 spiro atoms. The smallest absolute Gasteiger partial charge is 0.208 e. The lowest BCUT2D eigenvalue weighted by Crippen LogP contribution is -2.27. The minimum Gasteiger partial charge on any atom is -0.461 e. The van der Waals surface area contributed by atoms with E-state index in [1.54, 1.807) is 17.0 Å². The van der Waals surface area contributed by atoms with Crippen molar-refractivity contribution in [1.82, 2.24) is 19.5 Å². The van der Waals surface area contributed by atoms with Gasteiger partial charge in [0.15, 0.2) is 35.2 Å². The number of nitrogens with zero attached hydrogens (tertiary/aromatic N) is 4. The van der Waals surface area contributed by atoms with Crippen molar-refractivity contribution in [3.8, 4) is 0 Å². The van der Waals surface area contributed by atoms with Gasteiger partial charge in [-0.1, -0.05) is 5.73 Å². The molecule has 126 valence electrons. The Balaban J connectivity index is 1.80. The van der Waals surface area contributed by atoms with Gasteiger partial charge in [-0.05, 0) is 19.9 Å². The first-order valence-corrected chi connectivity index (χ1v) is 7.60. The largest absolute Gasteiger partial charge is 0.461 e. The van der Waals surface area contributed by atoms with Crippen molar-refractivity contribution >= 4 is 17.0 Å². The minimum atomic E-state index is -0.725. The van der Waals surface area contributed by atoms with Crippen molar-refractivity contribution in [1.29, 1.82) is 0 Å². The summed E-state index contributed by atoms with van der Waals surface area (Å²) in [5.41, 5.74) is 15.5. The molecule has 9 heteroatoms. The first kappa shape index (κ1) is 15.1. The average Bonchev–Trinajstić information content (AvgIpc) is 3.17. The molecule has 3 atom stereocenters. The summed E-state index contributed by atoms with van der Waals surface area (Å²) >= 11 is 0. The van der Waals surface area contributed by atoms with Gasteiger partial charge in [0.1, 0.15) is 18.2 Å². The number of rotatable bonds is 2. The van der Waals surface area contributed by atoms with E-state index in [-0.39, 0.29) is 12.2 Å². The molecule has 0 aromatic carbocycles. The van der Waals surface area contributed by atoms with Gasteiger partial charge in [-0.25, -0.2) is 15.0 Å². The molecule has 0 amide bonds. The van der Waals surface area contributed by atoms with Gasteiger partial charge in [-0.3, -0.25) is 4.57 Å². The third-order valence-corrected chi connectivity index (χ3v) is 3.94. The topological polar surface area (TPSA) is 123 Å². The summed E-state index contributed by atoms with van der Waals surface area (Å²) in [6.45, 7) is 4.08. The van der Waals surface area contributed by atoms with Crippen molar-refractivity contribution in [3.63, 3.8) is 0 Å². The number of aromatic nitrogens is 4. The predicted octanol–water partition coefficient (Wildman–Crippen LogP) is 0.455. The molecule has 9 nitrogen and oxygen atoms in total. The van der Waals surface area contributed by atoms with Crippen LogP contribution in [0.5, 0.6) is 0 Å². The molecule has 0 radical (unpaired) electrons. The number of fused-ring (bicyclic) bond motifs is 2. The van der Waals surface area contributed by atoms with E-state index < -0.39 is 12.0 Å². The fourth-order valence-electron chi connectivity index (χ4n) is 3.01. The number of imidazole rings is 1. The maximum absolute atomic E-state index is 6.02. The number of anilines is 1. The first-order valence-electron chi connectivity index (χ1n) is 7.60. The molecule has 2 fully saturated rings. The van der Waals surface area contributed by atoms with Gasteiger partial charge in [0.2, 0.25) is 6.23 Å². The molecular weight excluding hydrogens is 312 g/mol. The maximum Gasteiger partial charge on any atom is 0.208 e. The first-order chi connectivity index (χ1) is 11.5. The van der Waals surface area contributed by atoms with Crippen LogP contribution in [-0.4, -0.2) is 44.1 Å². The number of ether oxygens (including phenoxy) is 3. The second-order valence-electron chi connectivity index (χ2n) is 6.06. The molecule has 24 heavy (non-hydrogen) atoms. The Bertz CT molecular complexity index is 854. The van der Waals surface area contributed by atoms with Crippen LogP contribution in [0, 0.1) is 0 Å². The Labute approximate surface area is 137 Å². The lowest BCUT2D eigenvalue weighted by atomic mass is 10.2. The second-order valence-corrected chi connectivity index (χ2v) is 6.06. The van der Waals surface area contributed by atoms with E-state index in [1.807, 2.05) is 13.8 Å². The highest BCUT2D eigenvalue weighted by Crippen LogP contribution is 2.45. The van der Waals surface area contributed by atoms with Crippen molar-refractivity contribution < 1.29 is 14.2 Å². The summed E-state index contributed by atoms with van der Waals surface area (Å²) < 4.78 is 19.7. The van der Waals surface area contributed by atoms with Crippen LogP contribution < -0.4 is 11.5 Å². The molecule has 2 aromatic rings. The Morgan fingerprint density at radius 3 is 2.96 bits per heavy atom. The van der Waals surface area contributed by atoms with Crippen LogP contribution in [0.4, 0.5) is 5.82 Å². The minimum absolute atomic E-state index is 0.316. The zero-order valence-corrected chi connectivity index (χ0v) is 13.3. The fourth-order valence-corrected chi connectivity index (χ4v) is 3.01. The van der Waals surface area contributed by atoms with Crippen molar-refractivity contribution in [2.75, 3.05) is 12.3 Å². The monoisotopic (exact) mass is 330 g/mol. The van der Waals surface area contributed by atoms with Gasteiger partial charge in [-0.15, -0.1) is 0 Å². The molecule has 4 heterocycles. The van der Waals surface area contributed by atoms with E-state index in [0.29, 0.717) is 29.3 Å². The standard InChI is InChI=1S/C15H18N6O3/c1-15(2)23-10-8(4-3-5-16)22-14(11(10)24-15)21-7-20-9-12(17)18-6-19-13(9)21/h3,6-7,10-11,14H,5,16H2,1-2H3,(H2,17,18,19)/t4?,10-,11-,14?/m1/s1. The van der Waals surface area contributed by atoms with Crippen molar-refractivity contribution in [3.05, 3.63) is 30.2 Å². The lowest BCUT2D eigenvalue weighted by Gasteiger charge is -2.22. The van der Waals surface area contributed by atoms with E-state index in [9.17, 15) is 0 Å². The Kier molecular flexibility index (Phi) is 3.33. The highest BCUT2D eigenvalue weighted by Gasteiger charge is 2.54.